The van der Waals surface area contributed by atoms with Crippen LogP contribution in [-0.2, 0) is 16.0 Å². The summed E-state index contributed by atoms with van der Waals surface area (Å²) in [4.78, 5) is 11.3. The minimum absolute atomic E-state index is 0.221. The van der Waals surface area contributed by atoms with Gasteiger partial charge in [0.05, 0.1) is 13.0 Å². The molecular formula is C11H11ClO3. The van der Waals surface area contributed by atoms with Gasteiger partial charge < -0.3 is 9.47 Å². The van der Waals surface area contributed by atoms with E-state index in [-0.39, 0.29) is 11.9 Å². The van der Waals surface area contributed by atoms with E-state index < -0.39 is 0 Å². The fourth-order valence-corrected chi connectivity index (χ4v) is 1.88. The molecule has 1 aliphatic heterocycles. The van der Waals surface area contributed by atoms with Crippen LogP contribution >= 0.6 is 11.6 Å². The van der Waals surface area contributed by atoms with Gasteiger partial charge in [-0.3, -0.25) is 4.79 Å². The van der Waals surface area contributed by atoms with E-state index in [9.17, 15) is 4.79 Å². The molecule has 80 valence electrons. The van der Waals surface area contributed by atoms with E-state index >= 15 is 0 Å². The van der Waals surface area contributed by atoms with Gasteiger partial charge in [-0.25, -0.2) is 0 Å². The van der Waals surface area contributed by atoms with Crippen LogP contribution in [0.4, 0.5) is 0 Å². The average Bonchev–Trinajstić information content (AvgIpc) is 2.27. The highest BCUT2D eigenvalue weighted by molar-refractivity contribution is 6.30. The van der Waals surface area contributed by atoms with Gasteiger partial charge in [-0.15, -0.1) is 0 Å². The summed E-state index contributed by atoms with van der Waals surface area (Å²) in [6, 6.07) is 5.43. The highest BCUT2D eigenvalue weighted by Gasteiger charge is 2.26. The molecule has 1 aliphatic rings. The van der Waals surface area contributed by atoms with E-state index in [2.05, 4.69) is 4.74 Å². The zero-order chi connectivity index (χ0) is 10.8. The number of rotatable bonds is 1. The van der Waals surface area contributed by atoms with Gasteiger partial charge >= 0.3 is 5.97 Å². The second kappa shape index (κ2) is 4.11. The predicted molar refractivity (Wildman–Crippen MR) is 56.2 cm³/mol. The molecule has 3 nitrogen and oxygen atoms in total. The van der Waals surface area contributed by atoms with Gasteiger partial charge in [0.2, 0.25) is 0 Å². The molecule has 1 aromatic carbocycles. The lowest BCUT2D eigenvalue weighted by molar-refractivity contribution is -0.146. The minimum atomic E-state index is -0.236. The minimum Gasteiger partial charge on any atom is -0.492 e. The maximum atomic E-state index is 11.3. The fourth-order valence-electron chi connectivity index (χ4n) is 1.68. The molecule has 1 aromatic rings. The van der Waals surface area contributed by atoms with Crippen LogP contribution < -0.4 is 4.74 Å². The maximum Gasteiger partial charge on any atom is 0.312 e. The largest absolute Gasteiger partial charge is 0.492 e. The molecule has 4 heteroatoms. The van der Waals surface area contributed by atoms with Crippen molar-refractivity contribution in [2.45, 2.75) is 6.42 Å². The summed E-state index contributed by atoms with van der Waals surface area (Å²) in [6.45, 7) is 0.376. The molecule has 15 heavy (non-hydrogen) atoms. The smallest absolute Gasteiger partial charge is 0.312 e. The molecule has 1 atom stereocenters. The first kappa shape index (κ1) is 10.3. The van der Waals surface area contributed by atoms with Crippen molar-refractivity contribution in [2.24, 2.45) is 5.92 Å². The highest BCUT2D eigenvalue weighted by atomic mass is 35.5. The predicted octanol–water partition coefficient (Wildman–Crippen LogP) is 2.06. The average molecular weight is 227 g/mol. The fraction of sp³-hybridized carbons (Fsp3) is 0.364. The molecule has 0 aromatic heterocycles. The summed E-state index contributed by atoms with van der Waals surface area (Å²) in [6.07, 6.45) is 0.628. The van der Waals surface area contributed by atoms with Gasteiger partial charge in [0.1, 0.15) is 12.4 Å². The third-order valence-electron chi connectivity index (χ3n) is 2.46. The molecule has 0 saturated carbocycles. The number of methoxy groups -OCH3 is 1. The van der Waals surface area contributed by atoms with Crippen molar-refractivity contribution in [3.8, 4) is 5.75 Å². The third kappa shape index (κ3) is 2.07. The summed E-state index contributed by atoms with van der Waals surface area (Å²) < 4.78 is 10.1. The van der Waals surface area contributed by atoms with Crippen molar-refractivity contribution in [3.63, 3.8) is 0 Å². The van der Waals surface area contributed by atoms with Crippen molar-refractivity contribution in [1.82, 2.24) is 0 Å². The zero-order valence-corrected chi connectivity index (χ0v) is 9.08. The Morgan fingerprint density at radius 1 is 1.60 bits per heavy atom. The first-order valence-electron chi connectivity index (χ1n) is 4.70. The monoisotopic (exact) mass is 226 g/mol. The molecule has 0 radical (unpaired) electrons. The Hall–Kier alpha value is -1.22. The van der Waals surface area contributed by atoms with Gasteiger partial charge in [0.25, 0.3) is 0 Å². The first-order chi connectivity index (χ1) is 7.20. The normalized spacial score (nSPS) is 18.9. The molecule has 0 aliphatic carbocycles. The molecular weight excluding hydrogens is 216 g/mol. The Labute approximate surface area is 92.9 Å². The van der Waals surface area contributed by atoms with Crippen LogP contribution in [-0.4, -0.2) is 19.7 Å². The second-order valence-electron chi connectivity index (χ2n) is 3.49. The van der Waals surface area contributed by atoms with Crippen LogP contribution in [0.2, 0.25) is 5.02 Å². The van der Waals surface area contributed by atoms with Crippen molar-refractivity contribution < 1.29 is 14.3 Å². The van der Waals surface area contributed by atoms with Gasteiger partial charge in [0, 0.05) is 5.02 Å². The van der Waals surface area contributed by atoms with E-state index in [0.29, 0.717) is 18.1 Å². The van der Waals surface area contributed by atoms with Gasteiger partial charge in [-0.05, 0) is 30.2 Å². The Bertz CT molecular complexity index is 389. The number of hydrogen-bond acceptors (Lipinski definition) is 3. The SMILES string of the molecule is COC(=O)[C@H]1COc2ccc(Cl)cc2C1. The van der Waals surface area contributed by atoms with E-state index in [1.165, 1.54) is 7.11 Å². The van der Waals surface area contributed by atoms with Crippen LogP contribution in [0.25, 0.3) is 0 Å². The van der Waals surface area contributed by atoms with Crippen LogP contribution in [0.15, 0.2) is 18.2 Å². The number of halogens is 1. The molecule has 0 spiro atoms. The Morgan fingerprint density at radius 3 is 3.13 bits per heavy atom. The molecule has 2 rings (SSSR count). The number of ether oxygens (including phenoxy) is 2. The van der Waals surface area contributed by atoms with Crippen molar-refractivity contribution >= 4 is 17.6 Å². The summed E-state index contributed by atoms with van der Waals surface area (Å²) in [5.74, 6) is 0.348. The quantitative estimate of drug-likeness (QED) is 0.688. The molecule has 0 saturated heterocycles. The molecule has 1 heterocycles. The molecule has 0 fully saturated rings. The van der Waals surface area contributed by atoms with Crippen LogP contribution in [0, 0.1) is 5.92 Å². The Balaban J connectivity index is 2.22. The van der Waals surface area contributed by atoms with Crippen LogP contribution in [0.5, 0.6) is 5.75 Å². The molecule has 0 N–H and O–H groups in total. The molecule has 0 amide bonds. The molecule has 0 unspecified atom stereocenters. The van der Waals surface area contributed by atoms with Crippen LogP contribution in [0.3, 0.4) is 0 Å². The highest BCUT2D eigenvalue weighted by Crippen LogP contribution is 2.29. The third-order valence-corrected chi connectivity index (χ3v) is 2.70. The summed E-state index contributed by atoms with van der Waals surface area (Å²) in [5.41, 5.74) is 0.962. The van der Waals surface area contributed by atoms with Crippen molar-refractivity contribution in [3.05, 3.63) is 28.8 Å². The summed E-state index contributed by atoms with van der Waals surface area (Å²) >= 11 is 5.87. The van der Waals surface area contributed by atoms with Gasteiger partial charge in [-0.2, -0.15) is 0 Å². The summed E-state index contributed by atoms with van der Waals surface area (Å²) in [7, 11) is 1.38. The lowest BCUT2D eigenvalue weighted by Crippen LogP contribution is -2.29. The number of esters is 1. The van der Waals surface area contributed by atoms with Crippen molar-refractivity contribution in [2.75, 3.05) is 13.7 Å². The number of hydrogen-bond donors (Lipinski definition) is 0. The topological polar surface area (TPSA) is 35.5 Å². The lowest BCUT2D eigenvalue weighted by atomic mass is 9.97. The van der Waals surface area contributed by atoms with Gasteiger partial charge in [0.15, 0.2) is 0 Å². The Morgan fingerprint density at radius 2 is 2.40 bits per heavy atom. The first-order valence-corrected chi connectivity index (χ1v) is 5.07. The molecule has 0 bridgehead atoms. The summed E-state index contributed by atoms with van der Waals surface area (Å²) in [5, 5.41) is 0.655. The number of carbonyl (C=O) groups excluding carboxylic acids is 1. The Kier molecular flexibility index (Phi) is 2.82. The van der Waals surface area contributed by atoms with Gasteiger partial charge in [-0.1, -0.05) is 11.6 Å². The second-order valence-corrected chi connectivity index (χ2v) is 3.92. The number of fused-ring (bicyclic) bond motifs is 1. The number of benzene rings is 1. The van der Waals surface area contributed by atoms with E-state index in [1.54, 1.807) is 6.07 Å². The van der Waals surface area contributed by atoms with E-state index in [4.69, 9.17) is 16.3 Å². The maximum absolute atomic E-state index is 11.3. The van der Waals surface area contributed by atoms with E-state index in [0.717, 1.165) is 11.3 Å². The zero-order valence-electron chi connectivity index (χ0n) is 8.33. The van der Waals surface area contributed by atoms with E-state index in [1.807, 2.05) is 12.1 Å². The number of carbonyl (C=O) groups is 1. The standard InChI is InChI=1S/C11H11ClO3/c1-14-11(13)8-4-7-5-9(12)2-3-10(7)15-6-8/h2-3,5,8H,4,6H2,1H3/t8-/m1/s1. The lowest BCUT2D eigenvalue weighted by Gasteiger charge is -2.23. The van der Waals surface area contributed by atoms with Crippen molar-refractivity contribution in [1.29, 1.82) is 0 Å². The van der Waals surface area contributed by atoms with Crippen LogP contribution in [0.1, 0.15) is 5.56 Å².